The van der Waals surface area contributed by atoms with E-state index in [1.165, 1.54) is 10.9 Å². The normalized spacial score (nSPS) is 11.3. The third kappa shape index (κ3) is 1.80. The minimum absolute atomic E-state index is 0.398. The number of halogens is 1. The van der Waals surface area contributed by atoms with Crippen LogP contribution < -0.4 is 5.73 Å². The molecular weight excluding hydrogens is 264 g/mol. The number of rotatable bonds is 1. The Hall–Kier alpha value is -1.09. The van der Waals surface area contributed by atoms with Crippen LogP contribution in [0, 0.1) is 6.92 Å². The lowest BCUT2D eigenvalue weighted by Crippen LogP contribution is -2.00. The SMILES string of the molecule is Cc1ccc(Br)c2nc(N)c(C(C)C)cc12. The van der Waals surface area contributed by atoms with Crippen molar-refractivity contribution in [2.75, 3.05) is 5.73 Å². The van der Waals surface area contributed by atoms with E-state index in [0.717, 1.165) is 15.6 Å². The standard InChI is InChI=1S/C13H15BrN2/c1-7(2)9-6-10-8(3)4-5-11(14)12(10)16-13(9)15/h4-7H,1-3H3,(H2,15,16). The summed E-state index contributed by atoms with van der Waals surface area (Å²) in [6.45, 7) is 6.36. The van der Waals surface area contributed by atoms with E-state index in [1.807, 2.05) is 6.07 Å². The number of pyridine rings is 1. The zero-order chi connectivity index (χ0) is 11.9. The number of benzene rings is 1. The fourth-order valence-electron chi connectivity index (χ4n) is 1.85. The van der Waals surface area contributed by atoms with Gasteiger partial charge in [0.15, 0.2) is 0 Å². The summed E-state index contributed by atoms with van der Waals surface area (Å²) in [5.41, 5.74) is 9.27. The van der Waals surface area contributed by atoms with Gasteiger partial charge in [0.05, 0.1) is 5.52 Å². The fraction of sp³-hybridized carbons (Fsp3) is 0.308. The summed E-state index contributed by atoms with van der Waals surface area (Å²) >= 11 is 3.51. The molecule has 3 heteroatoms. The second-order valence-electron chi connectivity index (χ2n) is 4.38. The molecule has 0 atom stereocenters. The molecule has 1 aromatic carbocycles. The van der Waals surface area contributed by atoms with E-state index >= 15 is 0 Å². The minimum atomic E-state index is 0.398. The molecule has 0 fully saturated rings. The molecule has 2 nitrogen and oxygen atoms in total. The van der Waals surface area contributed by atoms with E-state index in [2.05, 4.69) is 53.8 Å². The Morgan fingerprint density at radius 1 is 1.31 bits per heavy atom. The van der Waals surface area contributed by atoms with Crippen molar-refractivity contribution in [3.05, 3.63) is 33.8 Å². The van der Waals surface area contributed by atoms with Gasteiger partial charge in [0.2, 0.25) is 0 Å². The predicted octanol–water partition coefficient (Wildman–Crippen LogP) is 4.01. The Bertz CT molecular complexity index is 547. The Labute approximate surface area is 104 Å². The van der Waals surface area contributed by atoms with Crippen LogP contribution in [0.5, 0.6) is 0 Å². The van der Waals surface area contributed by atoms with Gasteiger partial charge in [-0.3, -0.25) is 0 Å². The van der Waals surface area contributed by atoms with Gasteiger partial charge in [0, 0.05) is 9.86 Å². The zero-order valence-corrected chi connectivity index (χ0v) is 11.3. The summed E-state index contributed by atoms with van der Waals surface area (Å²) in [5.74, 6) is 1.03. The number of nitrogens with two attached hydrogens (primary N) is 1. The van der Waals surface area contributed by atoms with E-state index in [1.54, 1.807) is 0 Å². The third-order valence-corrected chi connectivity index (χ3v) is 3.48. The fourth-order valence-corrected chi connectivity index (χ4v) is 2.29. The summed E-state index contributed by atoms with van der Waals surface area (Å²) in [6.07, 6.45) is 0. The third-order valence-electron chi connectivity index (χ3n) is 2.84. The highest BCUT2D eigenvalue weighted by molar-refractivity contribution is 9.10. The number of hydrogen-bond acceptors (Lipinski definition) is 2. The van der Waals surface area contributed by atoms with Crippen molar-refractivity contribution in [1.82, 2.24) is 4.98 Å². The van der Waals surface area contributed by atoms with E-state index in [0.29, 0.717) is 11.7 Å². The number of anilines is 1. The van der Waals surface area contributed by atoms with Crippen LogP contribution in [0.2, 0.25) is 0 Å². The maximum Gasteiger partial charge on any atom is 0.127 e. The van der Waals surface area contributed by atoms with Crippen LogP contribution in [-0.4, -0.2) is 4.98 Å². The second kappa shape index (κ2) is 4.06. The van der Waals surface area contributed by atoms with Crippen LogP contribution in [0.15, 0.2) is 22.7 Å². The molecule has 2 N–H and O–H groups in total. The summed E-state index contributed by atoms with van der Waals surface area (Å²) in [7, 11) is 0. The first-order valence-corrected chi connectivity index (χ1v) is 6.15. The molecule has 0 spiro atoms. The average molecular weight is 279 g/mol. The van der Waals surface area contributed by atoms with Crippen LogP contribution in [0.3, 0.4) is 0 Å². The molecule has 0 radical (unpaired) electrons. The van der Waals surface area contributed by atoms with Gasteiger partial charge in [0.1, 0.15) is 5.82 Å². The second-order valence-corrected chi connectivity index (χ2v) is 5.23. The molecule has 0 bridgehead atoms. The summed E-state index contributed by atoms with van der Waals surface area (Å²) in [6, 6.07) is 6.26. The van der Waals surface area contributed by atoms with Gasteiger partial charge in [-0.05, 0) is 52.0 Å². The monoisotopic (exact) mass is 278 g/mol. The molecule has 1 aromatic heterocycles. The topological polar surface area (TPSA) is 38.9 Å². The Balaban J connectivity index is 2.84. The Morgan fingerprint density at radius 2 is 2.00 bits per heavy atom. The van der Waals surface area contributed by atoms with Crippen molar-refractivity contribution in [3.8, 4) is 0 Å². The first kappa shape index (κ1) is 11.4. The molecule has 0 aliphatic carbocycles. The number of aryl methyl sites for hydroxylation is 1. The first-order chi connectivity index (χ1) is 7.50. The van der Waals surface area contributed by atoms with E-state index < -0.39 is 0 Å². The highest BCUT2D eigenvalue weighted by atomic mass is 79.9. The molecule has 0 amide bonds. The molecule has 0 aliphatic heterocycles. The molecule has 84 valence electrons. The summed E-state index contributed by atoms with van der Waals surface area (Å²) < 4.78 is 0.995. The zero-order valence-electron chi connectivity index (χ0n) is 9.71. The van der Waals surface area contributed by atoms with Crippen molar-refractivity contribution in [3.63, 3.8) is 0 Å². The molecule has 16 heavy (non-hydrogen) atoms. The molecule has 2 rings (SSSR count). The number of aromatic nitrogens is 1. The number of hydrogen-bond donors (Lipinski definition) is 1. The predicted molar refractivity (Wildman–Crippen MR) is 72.7 cm³/mol. The summed E-state index contributed by atoms with van der Waals surface area (Å²) in [5, 5.41) is 1.17. The number of nitrogen functional groups attached to an aromatic ring is 1. The van der Waals surface area contributed by atoms with E-state index in [-0.39, 0.29) is 0 Å². The lowest BCUT2D eigenvalue weighted by atomic mass is 10.00. The Morgan fingerprint density at radius 3 is 2.62 bits per heavy atom. The smallest absolute Gasteiger partial charge is 0.127 e. The van der Waals surface area contributed by atoms with Gasteiger partial charge < -0.3 is 5.73 Å². The van der Waals surface area contributed by atoms with Crippen molar-refractivity contribution in [2.45, 2.75) is 26.7 Å². The van der Waals surface area contributed by atoms with Gasteiger partial charge in [0.25, 0.3) is 0 Å². The van der Waals surface area contributed by atoms with E-state index in [9.17, 15) is 0 Å². The van der Waals surface area contributed by atoms with Crippen molar-refractivity contribution >= 4 is 32.7 Å². The average Bonchev–Trinajstić information content (AvgIpc) is 2.23. The van der Waals surface area contributed by atoms with Gasteiger partial charge in [-0.15, -0.1) is 0 Å². The van der Waals surface area contributed by atoms with Crippen LogP contribution in [0.1, 0.15) is 30.9 Å². The van der Waals surface area contributed by atoms with Crippen LogP contribution in [0.4, 0.5) is 5.82 Å². The highest BCUT2D eigenvalue weighted by Gasteiger charge is 2.10. The Kier molecular flexibility index (Phi) is 2.89. The van der Waals surface area contributed by atoms with E-state index in [4.69, 9.17) is 5.73 Å². The number of fused-ring (bicyclic) bond motifs is 1. The van der Waals surface area contributed by atoms with Gasteiger partial charge in [-0.25, -0.2) is 4.98 Å². The molecule has 0 saturated heterocycles. The largest absolute Gasteiger partial charge is 0.383 e. The molecule has 0 saturated carbocycles. The maximum atomic E-state index is 5.97. The van der Waals surface area contributed by atoms with Crippen LogP contribution in [-0.2, 0) is 0 Å². The quantitative estimate of drug-likeness (QED) is 0.856. The van der Waals surface area contributed by atoms with Gasteiger partial charge >= 0.3 is 0 Å². The lowest BCUT2D eigenvalue weighted by Gasteiger charge is -2.12. The maximum absolute atomic E-state index is 5.97. The lowest BCUT2D eigenvalue weighted by molar-refractivity contribution is 0.866. The first-order valence-electron chi connectivity index (χ1n) is 5.36. The molecular formula is C13H15BrN2. The molecule has 2 aromatic rings. The summed E-state index contributed by atoms with van der Waals surface area (Å²) in [4.78, 5) is 4.49. The van der Waals surface area contributed by atoms with Crippen molar-refractivity contribution in [2.24, 2.45) is 0 Å². The highest BCUT2D eigenvalue weighted by Crippen LogP contribution is 2.30. The minimum Gasteiger partial charge on any atom is -0.383 e. The number of nitrogens with zero attached hydrogens (tertiary/aromatic N) is 1. The van der Waals surface area contributed by atoms with Crippen LogP contribution in [0.25, 0.3) is 10.9 Å². The molecule has 0 aliphatic rings. The molecule has 1 heterocycles. The van der Waals surface area contributed by atoms with Crippen LogP contribution >= 0.6 is 15.9 Å². The van der Waals surface area contributed by atoms with Crippen molar-refractivity contribution in [1.29, 1.82) is 0 Å². The van der Waals surface area contributed by atoms with Gasteiger partial charge in [-0.2, -0.15) is 0 Å². The van der Waals surface area contributed by atoms with Gasteiger partial charge in [-0.1, -0.05) is 19.9 Å². The molecule has 0 unspecified atom stereocenters. The van der Waals surface area contributed by atoms with Crippen molar-refractivity contribution < 1.29 is 0 Å².